The second-order valence-electron chi connectivity index (χ2n) is 9.52. The zero-order valence-corrected chi connectivity index (χ0v) is 21.0. The van der Waals surface area contributed by atoms with Gasteiger partial charge in [-0.15, -0.1) is 11.8 Å². The summed E-state index contributed by atoms with van der Waals surface area (Å²) in [6.07, 6.45) is 4.58. The number of alkyl halides is 2. The Labute approximate surface area is 202 Å². The van der Waals surface area contributed by atoms with E-state index in [1.807, 2.05) is 18.4 Å². The van der Waals surface area contributed by atoms with Crippen LogP contribution >= 0.6 is 11.8 Å². The second-order valence-corrected chi connectivity index (χ2v) is 10.4. The molecule has 2 aromatic rings. The Hall–Kier alpha value is -1.85. The molecule has 0 N–H and O–H groups in total. The topological polar surface area (TPSA) is 6.48 Å². The molecule has 0 atom stereocenters. The van der Waals surface area contributed by atoms with Crippen LogP contribution in [0.25, 0.3) is 0 Å². The summed E-state index contributed by atoms with van der Waals surface area (Å²) in [4.78, 5) is 5.67. The number of fused-ring (bicyclic) bond motifs is 2. The van der Waals surface area contributed by atoms with Gasteiger partial charge in [-0.1, -0.05) is 37.3 Å². The van der Waals surface area contributed by atoms with Crippen molar-refractivity contribution < 1.29 is 8.78 Å². The van der Waals surface area contributed by atoms with Crippen molar-refractivity contribution in [3.8, 4) is 0 Å². The molecule has 1 spiro atoms. The summed E-state index contributed by atoms with van der Waals surface area (Å²) < 4.78 is 26.7. The van der Waals surface area contributed by atoms with Gasteiger partial charge >= 0.3 is 0 Å². The summed E-state index contributed by atoms with van der Waals surface area (Å²) in [5.74, 6) is 0. The summed E-state index contributed by atoms with van der Waals surface area (Å²) >= 11 is 1.39. The highest BCUT2D eigenvalue weighted by Gasteiger charge is 2.47. The van der Waals surface area contributed by atoms with Crippen molar-refractivity contribution in [3.63, 3.8) is 0 Å². The zero-order chi connectivity index (χ0) is 23.6. The number of nitrogens with zero attached hydrogens (tertiary/aromatic N) is 2. The molecule has 2 heterocycles. The molecular weight excluding hydrogens is 434 g/mol. The Morgan fingerprint density at radius 1 is 1.09 bits per heavy atom. The Morgan fingerprint density at radius 2 is 1.85 bits per heavy atom. The molecule has 1 saturated heterocycles. The number of allylic oxidation sites excluding steroid dienone is 1. The first kappa shape index (κ1) is 24.3. The molecule has 0 radical (unpaired) electrons. The van der Waals surface area contributed by atoms with Gasteiger partial charge in [0, 0.05) is 33.8 Å². The first-order chi connectivity index (χ1) is 15.9. The molecule has 0 amide bonds. The minimum atomic E-state index is -2.41. The molecule has 0 bridgehead atoms. The van der Waals surface area contributed by atoms with Gasteiger partial charge in [0.1, 0.15) is 0 Å². The van der Waals surface area contributed by atoms with E-state index in [2.05, 4.69) is 48.4 Å². The number of hydrogen-bond acceptors (Lipinski definition) is 3. The molecule has 178 valence electrons. The van der Waals surface area contributed by atoms with E-state index in [0.717, 1.165) is 63.8 Å². The monoisotopic (exact) mass is 470 g/mol. The second kappa shape index (κ2) is 10.2. The average Bonchev–Trinajstić information content (AvgIpc) is 3.02. The van der Waals surface area contributed by atoms with Crippen molar-refractivity contribution in [1.82, 2.24) is 4.90 Å². The molecule has 2 aromatic carbocycles. The number of aryl methyl sites for hydroxylation is 2. The van der Waals surface area contributed by atoms with Gasteiger partial charge in [0.25, 0.3) is 6.43 Å². The fourth-order valence-corrected chi connectivity index (χ4v) is 6.23. The van der Waals surface area contributed by atoms with Crippen LogP contribution in [0.4, 0.5) is 14.5 Å². The lowest BCUT2D eigenvalue weighted by Crippen LogP contribution is -2.44. The number of rotatable bonds is 8. The van der Waals surface area contributed by atoms with E-state index < -0.39 is 6.43 Å². The van der Waals surface area contributed by atoms with Crippen LogP contribution in [0.3, 0.4) is 0 Å². The number of benzene rings is 2. The lowest BCUT2D eigenvalue weighted by molar-refractivity contribution is 0.148. The molecular formula is C28H36F2N2S. The fraction of sp³-hybridized carbons (Fsp3) is 0.500. The third kappa shape index (κ3) is 4.72. The minimum absolute atomic E-state index is 0.0623. The Morgan fingerprint density at radius 3 is 2.52 bits per heavy atom. The van der Waals surface area contributed by atoms with Crippen LogP contribution in [0, 0.1) is 6.92 Å². The van der Waals surface area contributed by atoms with Crippen molar-refractivity contribution in [2.24, 2.45) is 0 Å². The lowest BCUT2D eigenvalue weighted by Gasteiger charge is -2.41. The first-order valence-electron chi connectivity index (χ1n) is 12.1. The minimum Gasteiger partial charge on any atom is -0.345 e. The summed E-state index contributed by atoms with van der Waals surface area (Å²) in [7, 11) is 0. The van der Waals surface area contributed by atoms with Gasteiger partial charge in [0.2, 0.25) is 0 Å². The molecule has 0 aliphatic carbocycles. The third-order valence-corrected chi connectivity index (χ3v) is 8.27. The maximum absolute atomic E-state index is 13.4. The van der Waals surface area contributed by atoms with E-state index in [-0.39, 0.29) is 11.0 Å². The quantitative estimate of drug-likeness (QED) is 0.372. The van der Waals surface area contributed by atoms with Crippen LogP contribution < -0.4 is 4.90 Å². The molecule has 2 aliphatic heterocycles. The molecule has 4 rings (SSSR count). The number of thioether (sulfide) groups is 1. The van der Waals surface area contributed by atoms with E-state index in [0.29, 0.717) is 4.90 Å². The van der Waals surface area contributed by atoms with Crippen molar-refractivity contribution in [3.05, 3.63) is 70.9 Å². The standard InChI is InChI=1S/C28H36F2N2S/c1-5-14-32-21(3)28(24-18-20(2)8-10-25(24)32)12-16-31(17-13-28)15-6-7-22-9-11-26(33-4)23(19-22)27(29)30/h8-11,18-19,27H,3,5-7,12-17H2,1-2,4H3. The van der Waals surface area contributed by atoms with Crippen LogP contribution in [0.15, 0.2) is 53.6 Å². The van der Waals surface area contributed by atoms with Crippen LogP contribution in [-0.2, 0) is 11.8 Å². The number of halogens is 2. The smallest absolute Gasteiger partial charge is 0.264 e. The molecule has 5 heteroatoms. The molecule has 2 aliphatic rings. The zero-order valence-electron chi connectivity index (χ0n) is 20.2. The number of piperidine rings is 1. The molecule has 33 heavy (non-hydrogen) atoms. The Bertz CT molecular complexity index is 995. The molecule has 0 unspecified atom stereocenters. The maximum atomic E-state index is 13.4. The van der Waals surface area contributed by atoms with E-state index in [4.69, 9.17) is 0 Å². The summed E-state index contributed by atoms with van der Waals surface area (Å²) in [6, 6.07) is 12.4. The van der Waals surface area contributed by atoms with Crippen molar-refractivity contribution >= 4 is 17.4 Å². The van der Waals surface area contributed by atoms with Crippen LogP contribution in [-0.4, -0.2) is 37.3 Å². The Kier molecular flexibility index (Phi) is 7.49. The summed E-state index contributed by atoms with van der Waals surface area (Å²) in [5, 5.41) is 0. The van der Waals surface area contributed by atoms with Crippen molar-refractivity contribution in [2.75, 3.05) is 37.3 Å². The summed E-state index contributed by atoms with van der Waals surface area (Å²) in [5.41, 5.74) is 6.66. The Balaban J connectivity index is 1.38. The van der Waals surface area contributed by atoms with Gasteiger partial charge in [0.05, 0.1) is 0 Å². The highest BCUT2D eigenvalue weighted by molar-refractivity contribution is 7.98. The molecule has 2 nitrogen and oxygen atoms in total. The van der Waals surface area contributed by atoms with E-state index in [9.17, 15) is 8.78 Å². The maximum Gasteiger partial charge on any atom is 0.264 e. The van der Waals surface area contributed by atoms with Crippen LogP contribution in [0.5, 0.6) is 0 Å². The van der Waals surface area contributed by atoms with Gasteiger partial charge in [-0.05, 0) is 94.2 Å². The highest BCUT2D eigenvalue weighted by atomic mass is 32.2. The van der Waals surface area contributed by atoms with Crippen LogP contribution in [0.2, 0.25) is 0 Å². The predicted octanol–water partition coefficient (Wildman–Crippen LogP) is 7.36. The normalized spacial score (nSPS) is 17.9. The van der Waals surface area contributed by atoms with Gasteiger partial charge in [0.15, 0.2) is 0 Å². The van der Waals surface area contributed by atoms with Crippen molar-refractivity contribution in [2.45, 2.75) is 62.7 Å². The van der Waals surface area contributed by atoms with E-state index >= 15 is 0 Å². The first-order valence-corrected chi connectivity index (χ1v) is 13.4. The van der Waals surface area contributed by atoms with E-state index in [1.165, 1.54) is 34.3 Å². The lowest BCUT2D eigenvalue weighted by atomic mass is 9.72. The average molecular weight is 471 g/mol. The largest absolute Gasteiger partial charge is 0.345 e. The van der Waals surface area contributed by atoms with Crippen molar-refractivity contribution in [1.29, 1.82) is 0 Å². The predicted molar refractivity (Wildman–Crippen MR) is 137 cm³/mol. The van der Waals surface area contributed by atoms with Gasteiger partial charge in [-0.25, -0.2) is 8.78 Å². The molecule has 0 saturated carbocycles. The molecule has 0 aromatic heterocycles. The fourth-order valence-electron chi connectivity index (χ4n) is 5.64. The van der Waals surface area contributed by atoms with Gasteiger partial charge in [-0.3, -0.25) is 0 Å². The molecule has 1 fully saturated rings. The number of hydrogen-bond donors (Lipinski definition) is 0. The van der Waals surface area contributed by atoms with Crippen LogP contribution in [0.1, 0.15) is 61.3 Å². The summed E-state index contributed by atoms with van der Waals surface area (Å²) in [6.45, 7) is 13.1. The number of anilines is 1. The van der Waals surface area contributed by atoms with Gasteiger partial charge in [-0.2, -0.15) is 0 Å². The van der Waals surface area contributed by atoms with E-state index in [1.54, 1.807) is 6.07 Å². The number of likely N-dealkylation sites (tertiary alicyclic amines) is 1. The van der Waals surface area contributed by atoms with Gasteiger partial charge < -0.3 is 9.80 Å². The third-order valence-electron chi connectivity index (χ3n) is 7.46. The SMILES string of the molecule is C=C1N(CCC)c2ccc(C)cc2C12CCN(CCCc1ccc(SC)c(C(F)F)c1)CC2. The highest BCUT2D eigenvalue weighted by Crippen LogP contribution is 2.53.